The van der Waals surface area contributed by atoms with E-state index in [9.17, 15) is 14.4 Å². The fourth-order valence-corrected chi connectivity index (χ4v) is 3.25. The molecular weight excluding hydrogens is 398 g/mol. The van der Waals surface area contributed by atoms with Crippen molar-refractivity contribution >= 4 is 17.6 Å². The van der Waals surface area contributed by atoms with E-state index in [0.717, 1.165) is 5.56 Å². The second-order valence-corrected chi connectivity index (χ2v) is 6.96. The number of hydrogen-bond acceptors (Lipinski definition) is 5. The van der Waals surface area contributed by atoms with Crippen LogP contribution in [0.2, 0.25) is 0 Å². The lowest BCUT2D eigenvalue weighted by Crippen LogP contribution is -2.25. The monoisotopic (exact) mass is 423 g/mol. The Hall–Kier alpha value is -3.81. The fourth-order valence-electron chi connectivity index (χ4n) is 3.25. The van der Waals surface area contributed by atoms with Crippen molar-refractivity contribution in [1.82, 2.24) is 9.36 Å². The van der Waals surface area contributed by atoms with Crippen LogP contribution < -0.4 is 15.6 Å². The van der Waals surface area contributed by atoms with Crippen LogP contribution >= 0.6 is 0 Å². The summed E-state index contributed by atoms with van der Waals surface area (Å²) in [6.07, 6.45) is 0.545. The van der Waals surface area contributed by atoms with Gasteiger partial charge in [0.2, 0.25) is 0 Å². The minimum Gasteiger partial charge on any atom is -0.496 e. The number of ether oxygens (including phenoxy) is 2. The van der Waals surface area contributed by atoms with E-state index in [4.69, 9.17) is 9.47 Å². The van der Waals surface area contributed by atoms with Crippen molar-refractivity contribution in [3.63, 3.8) is 0 Å². The summed E-state index contributed by atoms with van der Waals surface area (Å²) in [7, 11) is 3.30. The van der Waals surface area contributed by atoms with Gasteiger partial charge in [-0.25, -0.2) is 4.68 Å². The molecule has 31 heavy (non-hydrogen) atoms. The Morgan fingerprint density at radius 1 is 1.03 bits per heavy atom. The van der Waals surface area contributed by atoms with Gasteiger partial charge in [-0.2, -0.15) is 0 Å². The molecule has 8 nitrogen and oxygen atoms in total. The molecule has 1 amide bonds. The Labute approximate surface area is 180 Å². The van der Waals surface area contributed by atoms with Crippen molar-refractivity contribution in [3.8, 4) is 11.4 Å². The molecule has 0 radical (unpaired) electrons. The summed E-state index contributed by atoms with van der Waals surface area (Å²) in [5.41, 5.74) is 1.95. The minimum absolute atomic E-state index is 0.110. The zero-order chi connectivity index (χ0) is 22.4. The maximum Gasteiger partial charge on any atom is 0.306 e. The average molecular weight is 423 g/mol. The number of hydrogen-bond donors (Lipinski definition) is 1. The van der Waals surface area contributed by atoms with Crippen molar-refractivity contribution in [3.05, 3.63) is 76.2 Å². The fraction of sp³-hybridized carbons (Fsp3) is 0.261. The number of esters is 1. The van der Waals surface area contributed by atoms with Crippen molar-refractivity contribution < 1.29 is 19.1 Å². The lowest BCUT2D eigenvalue weighted by molar-refractivity contribution is -0.147. The van der Waals surface area contributed by atoms with E-state index in [-0.39, 0.29) is 17.7 Å². The number of nitrogens with one attached hydrogen (secondary N) is 1. The third kappa shape index (κ3) is 5.03. The summed E-state index contributed by atoms with van der Waals surface area (Å²) in [5.74, 6) is -0.383. The Morgan fingerprint density at radius 3 is 2.42 bits per heavy atom. The topological polar surface area (TPSA) is 91.6 Å². The van der Waals surface area contributed by atoms with Gasteiger partial charge in [-0.15, -0.1) is 0 Å². The van der Waals surface area contributed by atoms with E-state index >= 15 is 0 Å². The number of carbonyl (C=O) groups excluding carboxylic acids is 2. The molecule has 1 aromatic heterocycles. The molecule has 0 saturated heterocycles. The summed E-state index contributed by atoms with van der Waals surface area (Å²) < 4.78 is 13.4. The summed E-state index contributed by atoms with van der Waals surface area (Å²) >= 11 is 0. The highest BCUT2D eigenvalue weighted by atomic mass is 16.5. The molecule has 0 aliphatic rings. The second-order valence-electron chi connectivity index (χ2n) is 6.96. The van der Waals surface area contributed by atoms with E-state index in [2.05, 4.69) is 5.32 Å². The van der Waals surface area contributed by atoms with Crippen LogP contribution in [0.15, 0.2) is 59.4 Å². The number of carbonyl (C=O) groups is 2. The normalized spacial score (nSPS) is 10.5. The standard InChI is InChI=1S/C23H25N3O5/c1-16-22(23(29)26(25(16)2)18-10-5-4-6-11-18)24-20(27)15-31-21(28)14-13-17-9-7-8-12-19(17)30-3/h4-12H,13-15H2,1-3H3,(H,24,27). The van der Waals surface area contributed by atoms with Crippen LogP contribution in [0, 0.1) is 6.92 Å². The second kappa shape index (κ2) is 9.80. The zero-order valence-corrected chi connectivity index (χ0v) is 17.8. The van der Waals surface area contributed by atoms with E-state index in [0.29, 0.717) is 23.6 Å². The third-order valence-electron chi connectivity index (χ3n) is 4.97. The van der Waals surface area contributed by atoms with Gasteiger partial charge < -0.3 is 14.8 Å². The van der Waals surface area contributed by atoms with Gasteiger partial charge in [0.1, 0.15) is 11.4 Å². The van der Waals surface area contributed by atoms with E-state index in [1.165, 1.54) is 4.68 Å². The first-order chi connectivity index (χ1) is 14.9. The van der Waals surface area contributed by atoms with Crippen LogP contribution in [-0.4, -0.2) is 35.0 Å². The lowest BCUT2D eigenvalue weighted by Gasteiger charge is -2.08. The molecule has 0 fully saturated rings. The number of para-hydroxylation sites is 2. The maximum atomic E-state index is 12.8. The van der Waals surface area contributed by atoms with Crippen molar-refractivity contribution in [2.24, 2.45) is 7.05 Å². The molecular formula is C23H25N3O5. The maximum absolute atomic E-state index is 12.8. The van der Waals surface area contributed by atoms with Gasteiger partial charge in [0.25, 0.3) is 11.5 Å². The van der Waals surface area contributed by atoms with Gasteiger partial charge >= 0.3 is 5.97 Å². The molecule has 8 heteroatoms. The Kier molecular flexibility index (Phi) is 6.92. The van der Waals surface area contributed by atoms with Gasteiger partial charge in [-0.3, -0.25) is 19.1 Å². The molecule has 162 valence electrons. The predicted octanol–water partition coefficient (Wildman–Crippen LogP) is 2.61. The highest BCUT2D eigenvalue weighted by Crippen LogP contribution is 2.19. The number of rotatable bonds is 8. The van der Waals surface area contributed by atoms with Crippen molar-refractivity contribution in [2.75, 3.05) is 19.0 Å². The highest BCUT2D eigenvalue weighted by Gasteiger charge is 2.19. The number of methoxy groups -OCH3 is 1. The van der Waals surface area contributed by atoms with Crippen LogP contribution in [0.25, 0.3) is 5.69 Å². The number of amides is 1. The predicted molar refractivity (Wildman–Crippen MR) is 117 cm³/mol. The molecule has 1 heterocycles. The molecule has 3 rings (SSSR count). The first-order valence-electron chi connectivity index (χ1n) is 9.83. The minimum atomic E-state index is -0.573. The molecule has 0 spiro atoms. The quantitative estimate of drug-likeness (QED) is 0.563. The summed E-state index contributed by atoms with van der Waals surface area (Å²) in [6.45, 7) is 1.26. The third-order valence-corrected chi connectivity index (χ3v) is 4.97. The SMILES string of the molecule is COc1ccccc1CCC(=O)OCC(=O)Nc1c(C)n(C)n(-c2ccccc2)c1=O. The first kappa shape index (κ1) is 21.9. The van der Waals surface area contributed by atoms with E-state index in [1.54, 1.807) is 37.9 Å². The first-order valence-corrected chi connectivity index (χ1v) is 9.83. The summed E-state index contributed by atoms with van der Waals surface area (Å²) in [6, 6.07) is 16.5. The molecule has 1 N–H and O–H groups in total. The molecule has 0 aliphatic heterocycles. The number of benzene rings is 2. The van der Waals surface area contributed by atoms with Crippen LogP contribution in [0.3, 0.4) is 0 Å². The van der Waals surface area contributed by atoms with Crippen LogP contribution in [0.5, 0.6) is 5.75 Å². The number of nitrogens with zero attached hydrogens (tertiary/aromatic N) is 2. The molecule has 0 bridgehead atoms. The number of aromatic nitrogens is 2. The van der Waals surface area contributed by atoms with Crippen LogP contribution in [0.1, 0.15) is 17.7 Å². The summed E-state index contributed by atoms with van der Waals surface area (Å²) in [4.78, 5) is 37.1. The molecule has 0 atom stereocenters. The molecule has 3 aromatic rings. The Morgan fingerprint density at radius 2 is 1.71 bits per heavy atom. The van der Waals surface area contributed by atoms with Gasteiger partial charge in [-0.1, -0.05) is 36.4 Å². The Balaban J connectivity index is 1.59. The summed E-state index contributed by atoms with van der Waals surface area (Å²) in [5, 5.41) is 2.57. The van der Waals surface area contributed by atoms with Crippen LogP contribution in [0.4, 0.5) is 5.69 Å². The van der Waals surface area contributed by atoms with Gasteiger partial charge in [0, 0.05) is 13.5 Å². The molecule has 0 aliphatic carbocycles. The zero-order valence-electron chi connectivity index (χ0n) is 17.8. The van der Waals surface area contributed by atoms with Crippen molar-refractivity contribution in [1.29, 1.82) is 0 Å². The lowest BCUT2D eigenvalue weighted by atomic mass is 10.1. The largest absolute Gasteiger partial charge is 0.496 e. The molecule has 2 aromatic carbocycles. The molecule has 0 saturated carbocycles. The van der Waals surface area contributed by atoms with Crippen LogP contribution in [-0.2, 0) is 27.8 Å². The van der Waals surface area contributed by atoms with Gasteiger partial charge in [-0.05, 0) is 37.1 Å². The van der Waals surface area contributed by atoms with E-state index in [1.807, 2.05) is 42.5 Å². The van der Waals surface area contributed by atoms with Crippen molar-refractivity contribution in [2.45, 2.75) is 19.8 Å². The number of anilines is 1. The Bertz CT molecular complexity index is 1130. The molecule has 0 unspecified atom stereocenters. The average Bonchev–Trinajstić information content (AvgIpc) is 3.00. The number of aryl methyl sites for hydroxylation is 1. The van der Waals surface area contributed by atoms with Gasteiger partial charge in [0.15, 0.2) is 6.61 Å². The van der Waals surface area contributed by atoms with Gasteiger partial charge in [0.05, 0.1) is 18.5 Å². The van der Waals surface area contributed by atoms with E-state index < -0.39 is 18.5 Å². The highest BCUT2D eigenvalue weighted by molar-refractivity contribution is 5.93. The smallest absolute Gasteiger partial charge is 0.306 e.